The van der Waals surface area contributed by atoms with Crippen LogP contribution in [0.25, 0.3) is 143 Å². The molecule has 0 aliphatic heterocycles. The van der Waals surface area contributed by atoms with E-state index in [4.69, 9.17) is 0 Å². The largest absolute Gasteiger partial charge is 0.311 e. The lowest BCUT2D eigenvalue weighted by Gasteiger charge is -2.29. The molecule has 111 heavy (non-hydrogen) atoms. The molecule has 0 spiro atoms. The quantitative estimate of drug-likeness (QED) is 0.107. The average Bonchev–Trinajstić information content (AvgIpc) is 1.68. The highest BCUT2D eigenvalue weighted by atomic mass is 15.1. The summed E-state index contributed by atoms with van der Waals surface area (Å²) in [6.45, 7) is 4.72. The molecule has 21 rings (SSSR count). The monoisotopic (exact) mass is 1420 g/mol. The molecule has 4 nitrogen and oxygen atoms in total. The maximum atomic E-state index is 2.44. The first kappa shape index (κ1) is 66.1. The summed E-state index contributed by atoms with van der Waals surface area (Å²) < 4.78 is 4.77. The molecule has 0 radical (unpaired) electrons. The lowest BCUT2D eigenvalue weighted by molar-refractivity contribution is 0.660. The van der Waals surface area contributed by atoms with Gasteiger partial charge in [0.2, 0.25) is 0 Å². The fraction of sp³-hybridized carbons (Fsp3) is 0.0280. The fourth-order valence-corrected chi connectivity index (χ4v) is 17.4. The van der Waals surface area contributed by atoms with Gasteiger partial charge in [0.05, 0.1) is 22.1 Å². The van der Waals surface area contributed by atoms with Crippen LogP contribution < -0.4 is 9.80 Å². The van der Waals surface area contributed by atoms with Crippen LogP contribution in [0.4, 0.5) is 34.1 Å². The van der Waals surface area contributed by atoms with Gasteiger partial charge in [-0.2, -0.15) is 0 Å². The van der Waals surface area contributed by atoms with Crippen molar-refractivity contribution in [3.05, 3.63) is 436 Å². The van der Waals surface area contributed by atoms with E-state index in [-0.39, 0.29) is 5.41 Å². The average molecular weight is 1420 g/mol. The topological polar surface area (TPSA) is 16.3 Å². The molecule has 18 aromatic carbocycles. The first-order valence-electron chi connectivity index (χ1n) is 38.4. The third-order valence-electron chi connectivity index (χ3n) is 22.7. The molecular formula is C107H76N4. The van der Waals surface area contributed by atoms with Crippen LogP contribution in [-0.4, -0.2) is 9.13 Å². The van der Waals surface area contributed by atoms with Crippen molar-refractivity contribution in [2.75, 3.05) is 9.80 Å². The standard InChI is InChI=1S/C57H42N2.C50H34N2/c1-57(2)53-25-12-9-22-49(53)50-33-32-47(38-54(50)57)58(48-36-43(39-16-5-3-6-17-39)34-44(37-48)40-18-7-4-8-19-40)45-30-28-41(29-31-45)42-20-15-21-46(35-42)59-55-26-13-10-23-51(55)52-24-11-14-27-56(52)59;1-2-15-39(16-3-1)51(41-31-27-36(28-32-41)48-34-38-13-4-5-18-43(38)44-19-6-7-20-45(44)48)40-29-25-35(26-30-40)37-14-12-17-42(33-37)52-49-23-10-8-21-46(49)47-22-9-11-24-50(47)52/h3-38H,1-2H3;1-34H. The normalized spacial score (nSPS) is 12.1. The molecule has 0 atom stereocenters. The molecule has 524 valence electrons. The first-order chi connectivity index (χ1) is 54.8. The molecule has 20 aromatic rings. The summed E-state index contributed by atoms with van der Waals surface area (Å²) in [5, 5.41) is 10.2. The zero-order chi connectivity index (χ0) is 73.9. The van der Waals surface area contributed by atoms with E-state index in [1.807, 2.05) is 0 Å². The van der Waals surface area contributed by atoms with E-state index < -0.39 is 0 Å². The van der Waals surface area contributed by atoms with Crippen LogP contribution in [-0.2, 0) is 5.41 Å². The Kier molecular flexibility index (Phi) is 16.6. The molecule has 2 heterocycles. The molecule has 0 bridgehead atoms. The van der Waals surface area contributed by atoms with Gasteiger partial charge in [-0.15, -0.1) is 0 Å². The predicted molar refractivity (Wildman–Crippen MR) is 471 cm³/mol. The van der Waals surface area contributed by atoms with Crippen molar-refractivity contribution in [1.82, 2.24) is 9.13 Å². The van der Waals surface area contributed by atoms with Crippen molar-refractivity contribution >= 4 is 99.3 Å². The van der Waals surface area contributed by atoms with Gasteiger partial charge in [0, 0.05) is 72.5 Å². The van der Waals surface area contributed by atoms with Crippen LogP contribution in [0.1, 0.15) is 25.0 Å². The van der Waals surface area contributed by atoms with Gasteiger partial charge in [0.1, 0.15) is 0 Å². The number of fused-ring (bicyclic) bond motifs is 12. The smallest absolute Gasteiger partial charge is 0.0541 e. The number of anilines is 6. The Morgan fingerprint density at radius 3 is 1.05 bits per heavy atom. The van der Waals surface area contributed by atoms with E-state index in [0.717, 1.165) is 45.5 Å². The van der Waals surface area contributed by atoms with Gasteiger partial charge in [0.25, 0.3) is 0 Å². The molecule has 0 unspecified atom stereocenters. The Morgan fingerprint density at radius 1 is 0.189 bits per heavy atom. The highest BCUT2D eigenvalue weighted by molar-refractivity contribution is 6.14. The molecule has 0 fully saturated rings. The van der Waals surface area contributed by atoms with Crippen molar-refractivity contribution in [1.29, 1.82) is 0 Å². The summed E-state index contributed by atoms with van der Waals surface area (Å²) in [5.74, 6) is 0. The van der Waals surface area contributed by atoms with E-state index in [2.05, 4.69) is 457 Å². The number of nitrogens with zero attached hydrogens (tertiary/aromatic N) is 4. The second-order valence-electron chi connectivity index (χ2n) is 29.6. The lowest BCUT2D eigenvalue weighted by atomic mass is 9.82. The molecule has 0 amide bonds. The molecule has 1 aliphatic rings. The number of benzene rings is 18. The summed E-state index contributed by atoms with van der Waals surface area (Å²) in [6, 6.07) is 154. The molecule has 0 saturated carbocycles. The van der Waals surface area contributed by atoms with Crippen LogP contribution in [0.2, 0.25) is 0 Å². The van der Waals surface area contributed by atoms with Gasteiger partial charge in [0.15, 0.2) is 0 Å². The number of rotatable bonds is 13. The minimum absolute atomic E-state index is 0.125. The van der Waals surface area contributed by atoms with Crippen LogP contribution in [0.3, 0.4) is 0 Å². The van der Waals surface area contributed by atoms with E-state index in [1.54, 1.807) is 0 Å². The van der Waals surface area contributed by atoms with Crippen LogP contribution in [0.5, 0.6) is 0 Å². The molecule has 2 aromatic heterocycles. The maximum Gasteiger partial charge on any atom is 0.0541 e. The van der Waals surface area contributed by atoms with Crippen molar-refractivity contribution < 1.29 is 0 Å². The van der Waals surface area contributed by atoms with Crippen molar-refractivity contribution in [3.8, 4) is 78.1 Å². The number of hydrogen-bond acceptors (Lipinski definition) is 2. The van der Waals surface area contributed by atoms with E-state index in [9.17, 15) is 0 Å². The summed E-state index contributed by atoms with van der Waals surface area (Å²) in [6.07, 6.45) is 0. The van der Waals surface area contributed by atoms with Gasteiger partial charge in [-0.3, -0.25) is 0 Å². The van der Waals surface area contributed by atoms with Crippen LogP contribution in [0.15, 0.2) is 425 Å². The number of aromatic nitrogens is 2. The van der Waals surface area contributed by atoms with E-state index in [0.29, 0.717) is 0 Å². The highest BCUT2D eigenvalue weighted by Crippen LogP contribution is 2.52. The van der Waals surface area contributed by atoms with Gasteiger partial charge in [-0.25, -0.2) is 0 Å². The highest BCUT2D eigenvalue weighted by Gasteiger charge is 2.36. The molecule has 0 N–H and O–H groups in total. The Morgan fingerprint density at radius 2 is 0.550 bits per heavy atom. The number of para-hydroxylation sites is 5. The van der Waals surface area contributed by atoms with Crippen molar-refractivity contribution in [2.45, 2.75) is 19.3 Å². The summed E-state index contributed by atoms with van der Waals surface area (Å²) in [4.78, 5) is 4.77. The lowest BCUT2D eigenvalue weighted by Crippen LogP contribution is -2.16. The fourth-order valence-electron chi connectivity index (χ4n) is 17.4. The Balaban J connectivity index is 0.000000146. The minimum atomic E-state index is -0.125. The Bertz CT molecular complexity index is 6730. The van der Waals surface area contributed by atoms with Gasteiger partial charge in [-0.05, 0) is 233 Å². The SMILES string of the molecule is CC1(C)c2ccccc2-c2ccc(N(c3ccc(-c4cccc(-n5c6ccccc6c6ccccc65)c4)cc3)c3cc(-c4ccccc4)cc(-c4ccccc4)c3)cc21.c1ccc(N(c2ccc(-c3cccc(-n4c5ccccc5c5ccccc54)c3)cc2)c2ccc(-c3cc4ccccc4c4ccccc34)cc2)cc1. The zero-order valence-electron chi connectivity index (χ0n) is 61.7. The predicted octanol–water partition coefficient (Wildman–Crippen LogP) is 29.5. The minimum Gasteiger partial charge on any atom is -0.311 e. The molecule has 1 aliphatic carbocycles. The Labute approximate surface area is 647 Å². The van der Waals surface area contributed by atoms with Gasteiger partial charge >= 0.3 is 0 Å². The van der Waals surface area contributed by atoms with Crippen LogP contribution in [0, 0.1) is 0 Å². The molecular weight excluding hydrogens is 1340 g/mol. The molecule has 4 heteroatoms. The van der Waals surface area contributed by atoms with Crippen molar-refractivity contribution in [3.63, 3.8) is 0 Å². The zero-order valence-corrected chi connectivity index (χ0v) is 61.7. The van der Waals surface area contributed by atoms with E-state index >= 15 is 0 Å². The third-order valence-corrected chi connectivity index (χ3v) is 22.7. The van der Waals surface area contributed by atoms with E-state index in [1.165, 1.54) is 143 Å². The summed E-state index contributed by atoms with van der Waals surface area (Å²) in [7, 11) is 0. The first-order valence-corrected chi connectivity index (χ1v) is 38.4. The Hall–Kier alpha value is -14.3. The van der Waals surface area contributed by atoms with Crippen molar-refractivity contribution in [2.24, 2.45) is 0 Å². The second-order valence-corrected chi connectivity index (χ2v) is 29.6. The van der Waals surface area contributed by atoms with Gasteiger partial charge < -0.3 is 18.9 Å². The summed E-state index contributed by atoms with van der Waals surface area (Å²) >= 11 is 0. The molecule has 0 saturated heterocycles. The van der Waals surface area contributed by atoms with Crippen LogP contribution >= 0.6 is 0 Å². The maximum absolute atomic E-state index is 2.44. The second kappa shape index (κ2) is 27.8. The van der Waals surface area contributed by atoms with Gasteiger partial charge in [-0.1, -0.05) is 305 Å². The number of hydrogen-bond donors (Lipinski definition) is 0. The summed E-state index contributed by atoms with van der Waals surface area (Å²) in [5.41, 5.74) is 31.0. The third kappa shape index (κ3) is 11.9.